The minimum Gasteiger partial charge on any atom is -0.304 e. The van der Waals surface area contributed by atoms with Gasteiger partial charge < -0.3 is 5.32 Å². The lowest BCUT2D eigenvalue weighted by Gasteiger charge is -2.05. The Balaban J connectivity index is 2.42. The summed E-state index contributed by atoms with van der Waals surface area (Å²) in [4.78, 5) is 0. The van der Waals surface area contributed by atoms with Crippen molar-refractivity contribution in [3.63, 3.8) is 0 Å². The predicted octanol–water partition coefficient (Wildman–Crippen LogP) is 1.62. The van der Waals surface area contributed by atoms with Crippen LogP contribution in [0.2, 0.25) is 19.6 Å². The van der Waals surface area contributed by atoms with Gasteiger partial charge in [-0.25, -0.2) is 0 Å². The fourth-order valence-corrected chi connectivity index (χ4v) is 1.72. The number of rotatable bonds is 0. The molecule has 0 bridgehead atoms. The highest BCUT2D eigenvalue weighted by atomic mass is 28.3. The predicted molar refractivity (Wildman–Crippen MR) is 52.1 cm³/mol. The molecule has 1 aliphatic rings. The van der Waals surface area contributed by atoms with E-state index in [9.17, 15) is 0 Å². The molecule has 0 radical (unpaired) electrons. The molecule has 1 nitrogen and oxygen atoms in total. The van der Waals surface area contributed by atoms with E-state index in [1.165, 1.54) is 12.8 Å². The molecule has 2 heteroatoms. The molecule has 62 valence electrons. The highest BCUT2D eigenvalue weighted by Crippen LogP contribution is 2.04. The number of hydrogen-bond acceptors (Lipinski definition) is 1. The summed E-state index contributed by atoms with van der Waals surface area (Å²) in [5.74, 6) is 3.32. The van der Waals surface area contributed by atoms with Gasteiger partial charge in [0.15, 0.2) is 0 Å². The first-order chi connectivity index (χ1) is 5.08. The zero-order chi connectivity index (χ0) is 8.32. The first kappa shape index (κ1) is 8.83. The van der Waals surface area contributed by atoms with E-state index in [1.807, 2.05) is 0 Å². The average Bonchev–Trinajstić information content (AvgIpc) is 2.32. The fraction of sp³-hybridized carbons (Fsp3) is 0.778. The summed E-state index contributed by atoms with van der Waals surface area (Å²) in [6.07, 6.45) is 2.54. The van der Waals surface area contributed by atoms with Gasteiger partial charge in [-0.15, -0.1) is 5.54 Å². The lowest BCUT2D eigenvalue weighted by Crippen LogP contribution is -2.22. The second-order valence-electron chi connectivity index (χ2n) is 4.17. The third kappa shape index (κ3) is 3.59. The molecule has 0 spiro atoms. The van der Waals surface area contributed by atoms with Gasteiger partial charge in [0.25, 0.3) is 0 Å². The molecular formula is C9H17NSi. The van der Waals surface area contributed by atoms with Gasteiger partial charge in [0.05, 0.1) is 6.04 Å². The summed E-state index contributed by atoms with van der Waals surface area (Å²) in [7, 11) is -1.13. The van der Waals surface area contributed by atoms with Crippen LogP contribution in [0, 0.1) is 11.5 Å². The standard InChI is InChI=1S/C9H17NSi/c1-11(2,3)8-6-9-5-4-7-10-9/h9-10H,4-5,7H2,1-3H3/t9-/m0/s1. The Bertz CT molecular complexity index is 176. The van der Waals surface area contributed by atoms with Gasteiger partial charge in [0.1, 0.15) is 8.07 Å². The van der Waals surface area contributed by atoms with E-state index >= 15 is 0 Å². The highest BCUT2D eigenvalue weighted by molar-refractivity contribution is 6.83. The van der Waals surface area contributed by atoms with Gasteiger partial charge in [0, 0.05) is 0 Å². The minimum absolute atomic E-state index is 0.502. The Morgan fingerprint density at radius 1 is 1.36 bits per heavy atom. The smallest absolute Gasteiger partial charge is 0.129 e. The van der Waals surface area contributed by atoms with Gasteiger partial charge in [-0.05, 0) is 19.4 Å². The third-order valence-corrected chi connectivity index (χ3v) is 2.58. The summed E-state index contributed by atoms with van der Waals surface area (Å²) in [5, 5.41) is 3.38. The van der Waals surface area contributed by atoms with Gasteiger partial charge in [0.2, 0.25) is 0 Å². The summed E-state index contributed by atoms with van der Waals surface area (Å²) in [5.41, 5.74) is 3.39. The Labute approximate surface area is 70.6 Å². The summed E-state index contributed by atoms with van der Waals surface area (Å²) in [6, 6.07) is 0.502. The third-order valence-electron chi connectivity index (χ3n) is 1.68. The molecule has 1 saturated heterocycles. The topological polar surface area (TPSA) is 12.0 Å². The van der Waals surface area contributed by atoms with Gasteiger partial charge in [-0.1, -0.05) is 25.6 Å². The molecule has 11 heavy (non-hydrogen) atoms. The fourth-order valence-electron chi connectivity index (χ4n) is 1.11. The van der Waals surface area contributed by atoms with E-state index in [-0.39, 0.29) is 0 Å². The molecule has 1 fully saturated rings. The Morgan fingerprint density at radius 2 is 2.09 bits per heavy atom. The molecule has 0 aliphatic carbocycles. The lowest BCUT2D eigenvalue weighted by atomic mass is 10.2. The van der Waals surface area contributed by atoms with E-state index in [2.05, 4.69) is 36.4 Å². The molecule has 0 unspecified atom stereocenters. The molecule has 1 aliphatic heterocycles. The van der Waals surface area contributed by atoms with Crippen molar-refractivity contribution >= 4 is 8.07 Å². The van der Waals surface area contributed by atoms with Crippen molar-refractivity contribution in [1.82, 2.24) is 5.32 Å². The van der Waals surface area contributed by atoms with Gasteiger partial charge in [-0.2, -0.15) is 0 Å². The van der Waals surface area contributed by atoms with Crippen molar-refractivity contribution in [2.45, 2.75) is 38.5 Å². The molecule has 1 atom stereocenters. The Kier molecular flexibility index (Phi) is 2.75. The average molecular weight is 167 g/mol. The van der Waals surface area contributed by atoms with Crippen molar-refractivity contribution in [3.05, 3.63) is 0 Å². The number of nitrogens with one attached hydrogen (secondary N) is 1. The second-order valence-corrected chi connectivity index (χ2v) is 8.92. The Morgan fingerprint density at radius 3 is 2.55 bits per heavy atom. The molecule has 0 aromatic carbocycles. The number of hydrogen-bond donors (Lipinski definition) is 1. The van der Waals surface area contributed by atoms with Crippen LogP contribution >= 0.6 is 0 Å². The SMILES string of the molecule is C[Si](C)(C)C#C[C@@H]1CCCN1. The molecule has 1 N–H and O–H groups in total. The molecule has 1 rings (SSSR count). The van der Waals surface area contributed by atoms with Crippen molar-refractivity contribution in [1.29, 1.82) is 0 Å². The zero-order valence-corrected chi connectivity index (χ0v) is 8.70. The van der Waals surface area contributed by atoms with E-state index in [0.29, 0.717) is 6.04 Å². The van der Waals surface area contributed by atoms with Crippen molar-refractivity contribution < 1.29 is 0 Å². The molecule has 0 saturated carbocycles. The van der Waals surface area contributed by atoms with Crippen LogP contribution < -0.4 is 5.32 Å². The highest BCUT2D eigenvalue weighted by Gasteiger charge is 2.12. The molecule has 0 amide bonds. The first-order valence-electron chi connectivity index (χ1n) is 4.34. The second kappa shape index (κ2) is 3.42. The quantitative estimate of drug-likeness (QED) is 0.427. The van der Waals surface area contributed by atoms with Crippen LogP contribution in [-0.4, -0.2) is 20.7 Å². The van der Waals surface area contributed by atoms with Crippen LogP contribution in [0.3, 0.4) is 0 Å². The molecule has 0 aromatic rings. The summed E-state index contributed by atoms with van der Waals surface area (Å²) < 4.78 is 0. The normalized spacial score (nSPS) is 24.5. The van der Waals surface area contributed by atoms with Crippen LogP contribution in [0.25, 0.3) is 0 Å². The maximum absolute atomic E-state index is 3.39. The molecule has 1 heterocycles. The Hall–Kier alpha value is -0.263. The van der Waals surface area contributed by atoms with Crippen LogP contribution in [0.4, 0.5) is 0 Å². The van der Waals surface area contributed by atoms with E-state index in [0.717, 1.165) is 6.54 Å². The van der Waals surface area contributed by atoms with Crippen molar-refractivity contribution in [2.75, 3.05) is 6.54 Å². The van der Waals surface area contributed by atoms with Gasteiger partial charge >= 0.3 is 0 Å². The van der Waals surface area contributed by atoms with Crippen molar-refractivity contribution in [3.8, 4) is 11.5 Å². The largest absolute Gasteiger partial charge is 0.304 e. The lowest BCUT2D eigenvalue weighted by molar-refractivity contribution is 0.749. The van der Waals surface area contributed by atoms with E-state index in [1.54, 1.807) is 0 Å². The van der Waals surface area contributed by atoms with Crippen LogP contribution in [0.1, 0.15) is 12.8 Å². The molecular weight excluding hydrogens is 150 g/mol. The maximum atomic E-state index is 3.39. The van der Waals surface area contributed by atoms with Gasteiger partial charge in [-0.3, -0.25) is 0 Å². The zero-order valence-electron chi connectivity index (χ0n) is 7.70. The van der Waals surface area contributed by atoms with Crippen molar-refractivity contribution in [2.24, 2.45) is 0 Å². The summed E-state index contributed by atoms with van der Waals surface area (Å²) >= 11 is 0. The minimum atomic E-state index is -1.13. The van der Waals surface area contributed by atoms with Crippen LogP contribution in [0.5, 0.6) is 0 Å². The van der Waals surface area contributed by atoms with Crippen LogP contribution in [-0.2, 0) is 0 Å². The maximum Gasteiger partial charge on any atom is 0.129 e. The summed E-state index contributed by atoms with van der Waals surface area (Å²) in [6.45, 7) is 8.02. The van der Waals surface area contributed by atoms with E-state index < -0.39 is 8.07 Å². The van der Waals surface area contributed by atoms with E-state index in [4.69, 9.17) is 0 Å². The first-order valence-corrected chi connectivity index (χ1v) is 7.84. The molecule has 0 aromatic heterocycles. The monoisotopic (exact) mass is 167 g/mol. The van der Waals surface area contributed by atoms with Crippen LogP contribution in [0.15, 0.2) is 0 Å².